The number of aryl methyl sites for hydroxylation is 2. The molecular weight excluding hydrogens is 270 g/mol. The van der Waals surface area contributed by atoms with Gasteiger partial charge in [0.25, 0.3) is 0 Å². The van der Waals surface area contributed by atoms with Crippen LogP contribution in [-0.4, -0.2) is 37.6 Å². The Balaban J connectivity index is 2.15. The van der Waals surface area contributed by atoms with Crippen LogP contribution in [0.3, 0.4) is 0 Å². The van der Waals surface area contributed by atoms with Crippen LogP contribution in [0.1, 0.15) is 24.3 Å². The van der Waals surface area contributed by atoms with Crippen LogP contribution < -0.4 is 5.90 Å². The van der Waals surface area contributed by atoms with Crippen molar-refractivity contribution in [3.8, 4) is 0 Å². The van der Waals surface area contributed by atoms with Crippen LogP contribution in [0.15, 0.2) is 9.42 Å². The van der Waals surface area contributed by atoms with E-state index in [4.69, 9.17) is 10.4 Å². The first-order valence-electron chi connectivity index (χ1n) is 6.21. The van der Waals surface area contributed by atoms with Crippen LogP contribution in [0.4, 0.5) is 0 Å². The minimum absolute atomic E-state index is 0.195. The third-order valence-corrected chi connectivity index (χ3v) is 5.61. The largest absolute Gasteiger partial charge is 0.360 e. The summed E-state index contributed by atoms with van der Waals surface area (Å²) in [6, 6.07) is 0. The number of sulfonamides is 1. The summed E-state index contributed by atoms with van der Waals surface area (Å²) < 4.78 is 31.5. The minimum atomic E-state index is -3.51. The molecule has 0 radical (unpaired) electrons. The van der Waals surface area contributed by atoms with E-state index in [-0.39, 0.29) is 4.90 Å². The van der Waals surface area contributed by atoms with E-state index in [0.29, 0.717) is 37.1 Å². The zero-order chi connectivity index (χ0) is 14.0. The van der Waals surface area contributed by atoms with E-state index in [1.807, 2.05) is 0 Å². The van der Waals surface area contributed by atoms with Gasteiger partial charge in [0.1, 0.15) is 10.6 Å². The number of hydrogen-bond acceptors (Lipinski definition) is 6. The van der Waals surface area contributed by atoms with Gasteiger partial charge in [0.05, 0.1) is 6.61 Å². The first kappa shape index (κ1) is 14.4. The van der Waals surface area contributed by atoms with Crippen molar-refractivity contribution in [2.24, 2.45) is 11.8 Å². The average Bonchev–Trinajstić information content (AvgIpc) is 2.70. The Morgan fingerprint density at radius 2 is 2.05 bits per heavy atom. The molecule has 1 fully saturated rings. The highest BCUT2D eigenvalue weighted by Gasteiger charge is 2.33. The molecule has 0 aromatic carbocycles. The van der Waals surface area contributed by atoms with Crippen molar-refractivity contribution in [1.82, 2.24) is 9.46 Å². The van der Waals surface area contributed by atoms with Crippen molar-refractivity contribution < 1.29 is 17.8 Å². The number of hydrogen-bond donors (Lipinski definition) is 1. The molecule has 0 aliphatic carbocycles. The smallest absolute Gasteiger partial charge is 0.248 e. The van der Waals surface area contributed by atoms with E-state index in [9.17, 15) is 8.42 Å². The van der Waals surface area contributed by atoms with Crippen LogP contribution in [0, 0.1) is 19.8 Å². The molecule has 0 spiro atoms. The number of aromatic nitrogens is 1. The van der Waals surface area contributed by atoms with Gasteiger partial charge in [-0.05, 0) is 32.6 Å². The quantitative estimate of drug-likeness (QED) is 0.814. The first-order chi connectivity index (χ1) is 8.96. The van der Waals surface area contributed by atoms with Gasteiger partial charge in [-0.1, -0.05) is 5.16 Å². The van der Waals surface area contributed by atoms with Crippen molar-refractivity contribution in [3.63, 3.8) is 0 Å². The molecule has 0 atom stereocenters. The van der Waals surface area contributed by atoms with Gasteiger partial charge in [-0.15, -0.1) is 0 Å². The second-order valence-corrected chi connectivity index (χ2v) is 6.71. The van der Waals surface area contributed by atoms with Gasteiger partial charge >= 0.3 is 0 Å². The van der Waals surface area contributed by atoms with Crippen LogP contribution >= 0.6 is 0 Å². The molecule has 1 aliphatic heterocycles. The summed E-state index contributed by atoms with van der Waals surface area (Å²) in [5.41, 5.74) is 0.407. The molecule has 0 unspecified atom stereocenters. The zero-order valence-electron chi connectivity index (χ0n) is 11.1. The molecule has 19 heavy (non-hydrogen) atoms. The fourth-order valence-corrected chi connectivity index (χ4v) is 4.19. The monoisotopic (exact) mass is 289 g/mol. The maximum Gasteiger partial charge on any atom is 0.248 e. The maximum atomic E-state index is 12.5. The number of nitrogens with zero attached hydrogens (tertiary/aromatic N) is 2. The molecule has 2 rings (SSSR count). The van der Waals surface area contributed by atoms with Crippen molar-refractivity contribution in [3.05, 3.63) is 11.5 Å². The van der Waals surface area contributed by atoms with Gasteiger partial charge in [-0.3, -0.25) is 0 Å². The highest BCUT2D eigenvalue weighted by Crippen LogP contribution is 2.27. The normalized spacial score (nSPS) is 18.9. The van der Waals surface area contributed by atoms with Gasteiger partial charge in [0.2, 0.25) is 10.0 Å². The highest BCUT2D eigenvalue weighted by molar-refractivity contribution is 7.89. The van der Waals surface area contributed by atoms with E-state index >= 15 is 0 Å². The summed E-state index contributed by atoms with van der Waals surface area (Å²) in [5, 5.41) is 3.70. The standard InChI is InChI=1S/C11H19N3O4S/c1-8-11(9(2)18-13-8)19(15,16)14-5-3-10(4-6-14)7-17-12/h10H,3-7,12H2,1-2H3. The number of nitrogens with two attached hydrogens (primary N) is 1. The summed E-state index contributed by atoms with van der Waals surface area (Å²) in [4.78, 5) is 4.82. The first-order valence-corrected chi connectivity index (χ1v) is 7.65. The Labute approximate surface area is 112 Å². The lowest BCUT2D eigenvalue weighted by Gasteiger charge is -2.30. The summed E-state index contributed by atoms with van der Waals surface area (Å²) >= 11 is 0. The van der Waals surface area contributed by atoms with Crippen molar-refractivity contribution in [1.29, 1.82) is 0 Å². The topological polar surface area (TPSA) is 98.7 Å². The average molecular weight is 289 g/mol. The fraction of sp³-hybridized carbons (Fsp3) is 0.727. The van der Waals surface area contributed by atoms with Gasteiger partial charge in [-0.25, -0.2) is 14.3 Å². The van der Waals surface area contributed by atoms with Crippen molar-refractivity contribution >= 4 is 10.0 Å². The number of piperidine rings is 1. The van der Waals surface area contributed by atoms with Crippen LogP contribution in [0.2, 0.25) is 0 Å². The molecule has 1 aromatic heterocycles. The molecule has 1 aromatic rings. The Hall–Kier alpha value is -0.960. The molecular formula is C11H19N3O4S. The molecule has 108 valence electrons. The van der Waals surface area contributed by atoms with E-state index in [0.717, 1.165) is 12.8 Å². The summed E-state index contributed by atoms with van der Waals surface area (Å²) in [5.74, 6) is 5.70. The molecule has 2 N–H and O–H groups in total. The molecule has 1 saturated heterocycles. The lowest BCUT2D eigenvalue weighted by atomic mass is 9.99. The molecule has 0 bridgehead atoms. The predicted octanol–water partition coefficient (Wildman–Crippen LogP) is 0.582. The van der Waals surface area contributed by atoms with E-state index in [1.165, 1.54) is 4.31 Å². The van der Waals surface area contributed by atoms with E-state index < -0.39 is 10.0 Å². The number of rotatable bonds is 4. The molecule has 7 nitrogen and oxygen atoms in total. The van der Waals surface area contributed by atoms with Gasteiger partial charge in [0, 0.05) is 13.1 Å². The van der Waals surface area contributed by atoms with Crippen LogP contribution in [0.5, 0.6) is 0 Å². The van der Waals surface area contributed by atoms with Crippen molar-refractivity contribution in [2.75, 3.05) is 19.7 Å². The summed E-state index contributed by atoms with van der Waals surface area (Å²) in [6.07, 6.45) is 1.50. The SMILES string of the molecule is Cc1noc(C)c1S(=O)(=O)N1CCC(CON)CC1. The second kappa shape index (κ2) is 5.58. The fourth-order valence-electron chi connectivity index (χ4n) is 2.42. The van der Waals surface area contributed by atoms with E-state index in [2.05, 4.69) is 9.99 Å². The van der Waals surface area contributed by atoms with Crippen LogP contribution in [0.25, 0.3) is 0 Å². The minimum Gasteiger partial charge on any atom is -0.360 e. The summed E-state index contributed by atoms with van der Waals surface area (Å²) in [7, 11) is -3.51. The molecule has 0 amide bonds. The molecule has 0 saturated carbocycles. The molecule has 8 heteroatoms. The van der Waals surface area contributed by atoms with Gasteiger partial charge in [-0.2, -0.15) is 4.31 Å². The Morgan fingerprint density at radius 1 is 1.42 bits per heavy atom. The third kappa shape index (κ3) is 2.81. The Kier molecular flexibility index (Phi) is 4.24. The lowest BCUT2D eigenvalue weighted by molar-refractivity contribution is 0.0805. The Morgan fingerprint density at radius 3 is 2.53 bits per heavy atom. The van der Waals surface area contributed by atoms with Gasteiger partial charge < -0.3 is 9.36 Å². The zero-order valence-corrected chi connectivity index (χ0v) is 11.9. The lowest BCUT2D eigenvalue weighted by Crippen LogP contribution is -2.39. The third-order valence-electron chi connectivity index (χ3n) is 3.47. The summed E-state index contributed by atoms with van der Waals surface area (Å²) in [6.45, 7) is 4.67. The van der Waals surface area contributed by atoms with E-state index in [1.54, 1.807) is 13.8 Å². The molecule has 2 heterocycles. The Bertz CT molecular complexity index is 513. The maximum absolute atomic E-state index is 12.5. The second-order valence-electron chi connectivity index (χ2n) is 4.83. The van der Waals surface area contributed by atoms with Crippen molar-refractivity contribution in [2.45, 2.75) is 31.6 Å². The van der Waals surface area contributed by atoms with Crippen LogP contribution in [-0.2, 0) is 14.9 Å². The van der Waals surface area contributed by atoms with Gasteiger partial charge in [0.15, 0.2) is 5.76 Å². The molecule has 1 aliphatic rings. The highest BCUT2D eigenvalue weighted by atomic mass is 32.2. The predicted molar refractivity (Wildman–Crippen MR) is 67.6 cm³/mol.